The molecule has 2 rings (SSSR count). The van der Waals surface area contributed by atoms with Crippen molar-refractivity contribution in [2.45, 2.75) is 20.0 Å². The smallest absolute Gasteiger partial charge is 0.317 e. The zero-order valence-corrected chi connectivity index (χ0v) is 14.8. The van der Waals surface area contributed by atoms with Gasteiger partial charge in [0.1, 0.15) is 5.75 Å². The average molecular weight is 321 g/mol. The highest BCUT2D eigenvalue weighted by Gasteiger charge is 2.29. The van der Waals surface area contributed by atoms with E-state index >= 15 is 0 Å². The van der Waals surface area contributed by atoms with E-state index in [1.54, 1.807) is 6.07 Å². The molecule has 0 bridgehead atoms. The molecule has 1 heterocycles. The molecule has 2 N–H and O–H groups in total. The molecule has 122 valence electrons. The summed E-state index contributed by atoms with van der Waals surface area (Å²) < 4.78 is 0. The van der Waals surface area contributed by atoms with Crippen molar-refractivity contribution in [1.29, 1.82) is 0 Å². The second-order valence-corrected chi connectivity index (χ2v) is 11.2. The van der Waals surface area contributed by atoms with E-state index in [4.69, 9.17) is 0 Å². The zero-order valence-electron chi connectivity index (χ0n) is 13.8. The molecule has 0 atom stereocenters. The summed E-state index contributed by atoms with van der Waals surface area (Å²) in [5.41, 5.74) is 0. The van der Waals surface area contributed by atoms with Crippen LogP contribution in [-0.4, -0.2) is 67.9 Å². The van der Waals surface area contributed by atoms with Crippen LogP contribution < -0.4 is 10.5 Å². The second-order valence-electron chi connectivity index (χ2n) is 6.53. The molecule has 0 aliphatic carbocycles. The lowest BCUT2D eigenvalue weighted by atomic mass is 10.3. The van der Waals surface area contributed by atoms with Crippen LogP contribution >= 0.6 is 0 Å². The van der Waals surface area contributed by atoms with Crippen LogP contribution in [0.25, 0.3) is 0 Å². The summed E-state index contributed by atoms with van der Waals surface area (Å²) in [4.78, 5) is 16.2. The number of phenolic OH excluding ortho intramolecular Hbond substituents is 1. The Morgan fingerprint density at radius 3 is 2.55 bits per heavy atom. The number of nitrogens with zero attached hydrogens (tertiary/aromatic N) is 2. The Morgan fingerprint density at radius 2 is 1.95 bits per heavy atom. The molecule has 5 nitrogen and oxygen atoms in total. The monoisotopic (exact) mass is 321 g/mol. The fourth-order valence-corrected chi connectivity index (χ4v) is 5.65. The summed E-state index contributed by atoms with van der Waals surface area (Å²) in [7, 11) is -1.62. The van der Waals surface area contributed by atoms with E-state index in [9.17, 15) is 9.90 Å². The standard InChI is InChI=1S/C16H27N3O2Si/c1-4-17-16(21)19-10-8-18(9-11-19)13-22(2,3)15-7-5-6-14(20)12-15/h5-7,12,20H,4,8-11,13H2,1-3H3,(H,17,21). The molecule has 0 saturated carbocycles. The van der Waals surface area contributed by atoms with Gasteiger partial charge in [0.05, 0.1) is 8.07 Å². The second kappa shape index (κ2) is 7.15. The normalized spacial score (nSPS) is 16.6. The Hall–Kier alpha value is -1.53. The quantitative estimate of drug-likeness (QED) is 0.819. The molecule has 1 aliphatic rings. The van der Waals surface area contributed by atoms with Gasteiger partial charge in [0.15, 0.2) is 0 Å². The van der Waals surface area contributed by atoms with Gasteiger partial charge in [-0.1, -0.05) is 30.4 Å². The molecule has 1 saturated heterocycles. The zero-order chi connectivity index (χ0) is 16.2. The van der Waals surface area contributed by atoms with E-state index in [2.05, 4.69) is 29.4 Å². The predicted octanol–water partition coefficient (Wildman–Crippen LogP) is 1.19. The fraction of sp³-hybridized carbons (Fsp3) is 0.562. The Balaban J connectivity index is 1.91. The van der Waals surface area contributed by atoms with E-state index < -0.39 is 8.07 Å². The van der Waals surface area contributed by atoms with Crippen molar-refractivity contribution in [1.82, 2.24) is 15.1 Å². The maximum Gasteiger partial charge on any atom is 0.317 e. The lowest BCUT2D eigenvalue weighted by Gasteiger charge is -2.38. The highest BCUT2D eigenvalue weighted by molar-refractivity contribution is 6.90. The molecule has 0 aromatic heterocycles. The number of benzene rings is 1. The molecule has 2 amide bonds. The summed E-state index contributed by atoms with van der Waals surface area (Å²) >= 11 is 0. The van der Waals surface area contributed by atoms with E-state index in [0.717, 1.165) is 32.3 Å². The lowest BCUT2D eigenvalue weighted by Crippen LogP contribution is -2.58. The van der Waals surface area contributed by atoms with Crippen molar-refractivity contribution in [3.63, 3.8) is 0 Å². The SMILES string of the molecule is CCNC(=O)N1CCN(C[Si](C)(C)c2cccc(O)c2)CC1. The van der Waals surface area contributed by atoms with Crippen molar-refractivity contribution >= 4 is 19.3 Å². The molecule has 1 aromatic carbocycles. The van der Waals surface area contributed by atoms with Gasteiger partial charge in [-0.25, -0.2) is 4.79 Å². The van der Waals surface area contributed by atoms with Crippen LogP contribution in [0.4, 0.5) is 4.79 Å². The minimum atomic E-state index is -1.62. The number of aromatic hydroxyl groups is 1. The van der Waals surface area contributed by atoms with Crippen molar-refractivity contribution in [3.05, 3.63) is 24.3 Å². The summed E-state index contributed by atoms with van der Waals surface area (Å²) in [6, 6.07) is 7.71. The first-order valence-corrected chi connectivity index (χ1v) is 11.2. The largest absolute Gasteiger partial charge is 0.508 e. The highest BCUT2D eigenvalue weighted by Crippen LogP contribution is 2.13. The number of phenols is 1. The molecule has 22 heavy (non-hydrogen) atoms. The van der Waals surface area contributed by atoms with Crippen molar-refractivity contribution in [3.8, 4) is 5.75 Å². The number of hydrogen-bond donors (Lipinski definition) is 2. The molecule has 1 aromatic rings. The maximum absolute atomic E-state index is 11.8. The van der Waals surface area contributed by atoms with Gasteiger partial charge in [0.25, 0.3) is 0 Å². The molecule has 0 radical (unpaired) electrons. The van der Waals surface area contributed by atoms with Crippen LogP contribution in [0.2, 0.25) is 13.1 Å². The van der Waals surface area contributed by atoms with E-state index in [-0.39, 0.29) is 6.03 Å². The van der Waals surface area contributed by atoms with Crippen LogP contribution in [0.1, 0.15) is 6.92 Å². The first kappa shape index (κ1) is 16.8. The van der Waals surface area contributed by atoms with Crippen molar-refractivity contribution < 1.29 is 9.90 Å². The van der Waals surface area contributed by atoms with Crippen LogP contribution in [-0.2, 0) is 0 Å². The first-order chi connectivity index (χ1) is 10.4. The third kappa shape index (κ3) is 4.24. The number of nitrogens with one attached hydrogen (secondary N) is 1. The Morgan fingerprint density at radius 1 is 1.27 bits per heavy atom. The molecule has 6 heteroatoms. The molecule has 1 fully saturated rings. The third-order valence-electron chi connectivity index (χ3n) is 4.23. The lowest BCUT2D eigenvalue weighted by molar-refractivity contribution is 0.150. The van der Waals surface area contributed by atoms with E-state index in [1.165, 1.54) is 5.19 Å². The minimum Gasteiger partial charge on any atom is -0.508 e. The molecule has 1 aliphatic heterocycles. The van der Waals surface area contributed by atoms with Crippen LogP contribution in [0.3, 0.4) is 0 Å². The van der Waals surface area contributed by atoms with Gasteiger partial charge in [-0.15, -0.1) is 0 Å². The molecule has 0 unspecified atom stereocenters. The van der Waals surface area contributed by atoms with E-state index in [0.29, 0.717) is 12.3 Å². The summed E-state index contributed by atoms with van der Waals surface area (Å²) in [6.45, 7) is 10.7. The van der Waals surface area contributed by atoms with Gasteiger partial charge in [0, 0.05) is 32.7 Å². The van der Waals surface area contributed by atoms with Crippen LogP contribution in [0.15, 0.2) is 24.3 Å². The predicted molar refractivity (Wildman–Crippen MR) is 92.3 cm³/mol. The third-order valence-corrected chi connectivity index (χ3v) is 7.35. The Kier molecular flexibility index (Phi) is 5.47. The van der Waals surface area contributed by atoms with Crippen LogP contribution in [0, 0.1) is 0 Å². The number of carbonyl (C=O) groups excluding carboxylic acids is 1. The Bertz CT molecular complexity index is 514. The minimum absolute atomic E-state index is 0.0478. The van der Waals surface area contributed by atoms with Gasteiger partial charge in [-0.3, -0.25) is 0 Å². The number of carbonyl (C=O) groups is 1. The maximum atomic E-state index is 11.8. The summed E-state index contributed by atoms with van der Waals surface area (Å²) in [6.07, 6.45) is 1.06. The number of amides is 2. The van der Waals surface area contributed by atoms with Crippen molar-refractivity contribution in [2.75, 3.05) is 38.9 Å². The van der Waals surface area contributed by atoms with Gasteiger partial charge in [-0.05, 0) is 25.2 Å². The number of rotatable bonds is 4. The molecule has 0 spiro atoms. The van der Waals surface area contributed by atoms with Gasteiger partial charge < -0.3 is 20.2 Å². The topological polar surface area (TPSA) is 55.8 Å². The molecular formula is C16H27N3O2Si. The van der Waals surface area contributed by atoms with E-state index in [1.807, 2.05) is 24.0 Å². The van der Waals surface area contributed by atoms with Gasteiger partial charge in [-0.2, -0.15) is 0 Å². The average Bonchev–Trinajstić information content (AvgIpc) is 2.48. The fourth-order valence-electron chi connectivity index (χ4n) is 2.95. The van der Waals surface area contributed by atoms with Crippen molar-refractivity contribution in [2.24, 2.45) is 0 Å². The summed E-state index contributed by atoms with van der Waals surface area (Å²) in [5.74, 6) is 0.346. The number of piperazine rings is 1. The molecular weight excluding hydrogens is 294 g/mol. The number of hydrogen-bond acceptors (Lipinski definition) is 3. The first-order valence-electron chi connectivity index (χ1n) is 7.97. The van der Waals surface area contributed by atoms with Gasteiger partial charge in [0.2, 0.25) is 0 Å². The highest BCUT2D eigenvalue weighted by atomic mass is 28.3. The van der Waals surface area contributed by atoms with Crippen LogP contribution in [0.5, 0.6) is 5.75 Å². The number of urea groups is 1. The van der Waals surface area contributed by atoms with Gasteiger partial charge >= 0.3 is 6.03 Å². The Labute approximate surface area is 133 Å². The summed E-state index contributed by atoms with van der Waals surface area (Å²) in [5, 5.41) is 13.8.